The summed E-state index contributed by atoms with van der Waals surface area (Å²) in [5.74, 6) is 1.04. The maximum atomic E-state index is 4.44. The summed E-state index contributed by atoms with van der Waals surface area (Å²) in [6.07, 6.45) is 7.91. The van der Waals surface area contributed by atoms with E-state index in [1.54, 1.807) is 11.3 Å². The summed E-state index contributed by atoms with van der Waals surface area (Å²) in [5, 5.41) is 14.9. The lowest BCUT2D eigenvalue weighted by Gasteiger charge is -2.41. The van der Waals surface area contributed by atoms with Gasteiger partial charge in [0.1, 0.15) is 0 Å². The second-order valence-corrected chi connectivity index (χ2v) is 8.62. The number of thiophene rings is 1. The Morgan fingerprint density at radius 2 is 1.96 bits per heavy atom. The Balaban J connectivity index is 0.00000210. The zero-order valence-electron chi connectivity index (χ0n) is 16.2. The van der Waals surface area contributed by atoms with Crippen molar-refractivity contribution in [3.05, 3.63) is 28.2 Å². The normalized spacial score (nSPS) is 20.6. The van der Waals surface area contributed by atoms with Crippen LogP contribution in [0.1, 0.15) is 62.2 Å². The Hall–Kier alpha value is -1.02. The fourth-order valence-electron chi connectivity index (χ4n) is 4.55. The minimum Gasteiger partial charge on any atom is -0.298 e. The third-order valence-corrected chi connectivity index (χ3v) is 6.80. The predicted molar refractivity (Wildman–Crippen MR) is 112 cm³/mol. The molecule has 0 radical (unpaired) electrons. The van der Waals surface area contributed by atoms with E-state index in [0.717, 1.165) is 44.3 Å². The van der Waals surface area contributed by atoms with Gasteiger partial charge in [0, 0.05) is 37.1 Å². The largest absolute Gasteiger partial charge is 0.298 e. The number of hydrogen-bond acceptors (Lipinski definition) is 6. The molecule has 0 amide bonds. The maximum Gasteiger partial charge on any atom is 0.168 e. The first kappa shape index (κ1) is 20.7. The minimum atomic E-state index is 0. The molecule has 0 aromatic carbocycles. The van der Waals surface area contributed by atoms with Gasteiger partial charge in [0.2, 0.25) is 0 Å². The van der Waals surface area contributed by atoms with Crippen molar-refractivity contribution in [2.75, 3.05) is 26.2 Å². The van der Waals surface area contributed by atoms with Crippen molar-refractivity contribution in [2.45, 2.75) is 64.1 Å². The SMILES string of the molecule is CCCC(c1nnnn1Cc1cccs1)N1CCN(C2CCCC2)CC1.Cl. The number of hydrogen-bond donors (Lipinski definition) is 0. The summed E-state index contributed by atoms with van der Waals surface area (Å²) in [5.41, 5.74) is 0. The summed E-state index contributed by atoms with van der Waals surface area (Å²) in [6.45, 7) is 7.69. The molecule has 0 N–H and O–H groups in total. The highest BCUT2D eigenvalue weighted by molar-refractivity contribution is 7.09. The van der Waals surface area contributed by atoms with Gasteiger partial charge in [0.25, 0.3) is 0 Å². The average Bonchev–Trinajstić information content (AvgIpc) is 3.43. The molecule has 4 rings (SSSR count). The standard InChI is InChI=1S/C19H30N6S.ClH/c1-2-6-18(19-20-21-22-25(19)15-17-9-5-14-26-17)24-12-10-23(11-13-24)16-7-3-4-8-16;/h5,9,14,16,18H,2-4,6-8,10-13,15H2,1H3;1H. The lowest BCUT2D eigenvalue weighted by Crippen LogP contribution is -2.50. The minimum absolute atomic E-state index is 0. The molecule has 0 bridgehead atoms. The molecule has 2 aromatic heterocycles. The van der Waals surface area contributed by atoms with E-state index in [9.17, 15) is 0 Å². The topological polar surface area (TPSA) is 50.1 Å². The summed E-state index contributed by atoms with van der Waals surface area (Å²) in [7, 11) is 0. The van der Waals surface area contributed by atoms with Gasteiger partial charge >= 0.3 is 0 Å². The molecule has 3 heterocycles. The van der Waals surface area contributed by atoms with E-state index in [4.69, 9.17) is 0 Å². The second kappa shape index (κ2) is 9.96. The molecule has 6 nitrogen and oxygen atoms in total. The zero-order chi connectivity index (χ0) is 17.8. The summed E-state index contributed by atoms with van der Waals surface area (Å²) < 4.78 is 2.01. The van der Waals surface area contributed by atoms with Crippen LogP contribution in [0.3, 0.4) is 0 Å². The number of nitrogens with zero attached hydrogens (tertiary/aromatic N) is 6. The molecule has 1 atom stereocenters. The van der Waals surface area contributed by atoms with Crippen LogP contribution < -0.4 is 0 Å². The highest BCUT2D eigenvalue weighted by Crippen LogP contribution is 2.29. The molecule has 2 aliphatic rings. The molecule has 0 spiro atoms. The lowest BCUT2D eigenvalue weighted by atomic mass is 10.1. The van der Waals surface area contributed by atoms with Crippen molar-refractivity contribution in [3.63, 3.8) is 0 Å². The Labute approximate surface area is 172 Å². The fraction of sp³-hybridized carbons (Fsp3) is 0.737. The van der Waals surface area contributed by atoms with Gasteiger partial charge in [-0.05, 0) is 41.1 Å². The van der Waals surface area contributed by atoms with Crippen LogP contribution in [0.5, 0.6) is 0 Å². The van der Waals surface area contributed by atoms with Crippen LogP contribution in [0.15, 0.2) is 17.5 Å². The van der Waals surface area contributed by atoms with Crippen LogP contribution in [0, 0.1) is 0 Å². The highest BCUT2D eigenvalue weighted by Gasteiger charge is 2.31. The molecule has 27 heavy (non-hydrogen) atoms. The van der Waals surface area contributed by atoms with Crippen molar-refractivity contribution in [3.8, 4) is 0 Å². The van der Waals surface area contributed by atoms with E-state index in [1.807, 2.05) is 4.68 Å². The van der Waals surface area contributed by atoms with Crippen LogP contribution in [0.4, 0.5) is 0 Å². The van der Waals surface area contributed by atoms with Crippen LogP contribution in [0.2, 0.25) is 0 Å². The van der Waals surface area contributed by atoms with Crippen molar-refractivity contribution in [1.82, 2.24) is 30.0 Å². The Bertz CT molecular complexity index is 662. The fourth-order valence-corrected chi connectivity index (χ4v) is 5.23. The first-order valence-corrected chi connectivity index (χ1v) is 11.0. The number of piperazine rings is 1. The molecule has 1 saturated heterocycles. The number of halogens is 1. The van der Waals surface area contributed by atoms with E-state index < -0.39 is 0 Å². The zero-order valence-corrected chi connectivity index (χ0v) is 17.8. The van der Waals surface area contributed by atoms with Gasteiger partial charge in [-0.2, -0.15) is 0 Å². The third-order valence-electron chi connectivity index (χ3n) is 5.94. The van der Waals surface area contributed by atoms with Gasteiger partial charge in [-0.1, -0.05) is 32.3 Å². The van der Waals surface area contributed by atoms with E-state index in [2.05, 4.69) is 49.8 Å². The molecular weight excluding hydrogens is 380 g/mol. The first-order chi connectivity index (χ1) is 12.8. The Morgan fingerprint density at radius 1 is 1.19 bits per heavy atom. The van der Waals surface area contributed by atoms with Crippen molar-refractivity contribution in [1.29, 1.82) is 0 Å². The van der Waals surface area contributed by atoms with E-state index in [1.165, 1.54) is 43.6 Å². The molecule has 1 aliphatic carbocycles. The van der Waals surface area contributed by atoms with Gasteiger partial charge < -0.3 is 0 Å². The number of aromatic nitrogens is 4. The van der Waals surface area contributed by atoms with E-state index >= 15 is 0 Å². The van der Waals surface area contributed by atoms with Crippen molar-refractivity contribution in [2.24, 2.45) is 0 Å². The van der Waals surface area contributed by atoms with Gasteiger partial charge in [-0.3, -0.25) is 9.80 Å². The summed E-state index contributed by atoms with van der Waals surface area (Å²) in [6, 6.07) is 5.42. The van der Waals surface area contributed by atoms with E-state index in [0.29, 0.717) is 6.04 Å². The van der Waals surface area contributed by atoms with E-state index in [-0.39, 0.29) is 12.4 Å². The molecule has 1 aliphatic heterocycles. The highest BCUT2D eigenvalue weighted by atomic mass is 35.5. The maximum absolute atomic E-state index is 4.44. The lowest BCUT2D eigenvalue weighted by molar-refractivity contribution is 0.0627. The average molecular weight is 411 g/mol. The molecule has 1 unspecified atom stereocenters. The van der Waals surface area contributed by atoms with Crippen LogP contribution >= 0.6 is 23.7 Å². The number of rotatable bonds is 7. The second-order valence-electron chi connectivity index (χ2n) is 7.59. The van der Waals surface area contributed by atoms with Gasteiger partial charge in [0.05, 0.1) is 12.6 Å². The summed E-state index contributed by atoms with van der Waals surface area (Å²) >= 11 is 1.77. The predicted octanol–water partition coefficient (Wildman–Crippen LogP) is 3.61. The first-order valence-electron chi connectivity index (χ1n) is 10.1. The molecule has 8 heteroatoms. The Kier molecular flexibility index (Phi) is 7.64. The molecule has 2 aromatic rings. The quantitative estimate of drug-likeness (QED) is 0.697. The summed E-state index contributed by atoms with van der Waals surface area (Å²) in [4.78, 5) is 6.65. The molecular formula is C19H31ClN6S. The van der Waals surface area contributed by atoms with Gasteiger partial charge in [0.15, 0.2) is 5.82 Å². The van der Waals surface area contributed by atoms with Crippen LogP contribution in [0.25, 0.3) is 0 Å². The Morgan fingerprint density at radius 3 is 2.63 bits per heavy atom. The van der Waals surface area contributed by atoms with Crippen LogP contribution in [-0.2, 0) is 6.54 Å². The monoisotopic (exact) mass is 410 g/mol. The third kappa shape index (κ3) is 4.88. The molecule has 2 fully saturated rings. The van der Waals surface area contributed by atoms with Gasteiger partial charge in [-0.15, -0.1) is 28.8 Å². The van der Waals surface area contributed by atoms with Crippen molar-refractivity contribution < 1.29 is 0 Å². The smallest absolute Gasteiger partial charge is 0.168 e. The van der Waals surface area contributed by atoms with Crippen molar-refractivity contribution >= 4 is 23.7 Å². The van der Waals surface area contributed by atoms with Gasteiger partial charge in [-0.25, -0.2) is 4.68 Å². The van der Waals surface area contributed by atoms with Crippen LogP contribution in [-0.4, -0.2) is 62.2 Å². The molecule has 1 saturated carbocycles. The molecule has 150 valence electrons. The number of tetrazole rings is 1.